The second kappa shape index (κ2) is 4.54. The van der Waals surface area contributed by atoms with Gasteiger partial charge < -0.3 is 20.9 Å². The highest BCUT2D eigenvalue weighted by Crippen LogP contribution is 2.47. The number of methoxy groups -OCH3 is 1. The maximum absolute atomic E-state index is 6.01. The van der Waals surface area contributed by atoms with Gasteiger partial charge in [-0.3, -0.25) is 4.90 Å². The Bertz CT molecular complexity index is 437. The summed E-state index contributed by atoms with van der Waals surface area (Å²) in [5, 5.41) is 0. The molecule has 5 nitrogen and oxygen atoms in total. The van der Waals surface area contributed by atoms with Crippen LogP contribution in [0.4, 0.5) is 11.4 Å². The van der Waals surface area contributed by atoms with Crippen molar-refractivity contribution in [1.29, 1.82) is 0 Å². The summed E-state index contributed by atoms with van der Waals surface area (Å²) in [7, 11) is 5.50. The molecule has 1 aliphatic rings. The zero-order chi connectivity index (χ0) is 12.6. The second-order valence-corrected chi connectivity index (χ2v) is 5.12. The molecule has 1 aromatic carbocycles. The number of hydrogen-bond acceptors (Lipinski definition) is 6. The lowest BCUT2D eigenvalue weighted by molar-refractivity contribution is 0.0802. The van der Waals surface area contributed by atoms with Gasteiger partial charge in [0.15, 0.2) is 12.0 Å². The summed E-state index contributed by atoms with van der Waals surface area (Å²) in [5.41, 5.74) is 13.1. The first kappa shape index (κ1) is 12.2. The Kier molecular flexibility index (Phi) is 3.26. The summed E-state index contributed by atoms with van der Waals surface area (Å²) >= 11 is 1.66. The Hall–Kier alpha value is -1.27. The number of rotatable bonds is 2. The smallest absolute Gasteiger partial charge is 0.164 e. The SMILES string of the molecule is COc1cc(N)c2c(c1N)OC(N(C)C)CS2. The van der Waals surface area contributed by atoms with E-state index in [1.54, 1.807) is 24.9 Å². The number of anilines is 2. The van der Waals surface area contributed by atoms with Crippen LogP contribution in [0.15, 0.2) is 11.0 Å². The van der Waals surface area contributed by atoms with Crippen molar-refractivity contribution in [2.45, 2.75) is 11.1 Å². The maximum Gasteiger partial charge on any atom is 0.164 e. The zero-order valence-electron chi connectivity index (χ0n) is 10.2. The molecule has 0 spiro atoms. The third kappa shape index (κ3) is 2.10. The molecule has 1 unspecified atom stereocenters. The summed E-state index contributed by atoms with van der Waals surface area (Å²) in [4.78, 5) is 2.91. The van der Waals surface area contributed by atoms with Crippen molar-refractivity contribution in [1.82, 2.24) is 4.90 Å². The van der Waals surface area contributed by atoms with Crippen molar-refractivity contribution in [3.8, 4) is 11.5 Å². The van der Waals surface area contributed by atoms with E-state index in [4.69, 9.17) is 20.9 Å². The van der Waals surface area contributed by atoms with Gasteiger partial charge in [-0.1, -0.05) is 0 Å². The molecule has 0 aliphatic carbocycles. The normalized spacial score (nSPS) is 18.7. The Labute approximate surface area is 105 Å². The van der Waals surface area contributed by atoms with Crippen LogP contribution >= 0.6 is 11.8 Å². The quantitative estimate of drug-likeness (QED) is 0.774. The number of benzene rings is 1. The van der Waals surface area contributed by atoms with E-state index < -0.39 is 0 Å². The van der Waals surface area contributed by atoms with Crippen LogP contribution in [0.1, 0.15) is 0 Å². The molecule has 94 valence electrons. The third-order valence-electron chi connectivity index (χ3n) is 2.69. The lowest BCUT2D eigenvalue weighted by Crippen LogP contribution is -2.37. The average molecular weight is 255 g/mol. The van der Waals surface area contributed by atoms with Crippen molar-refractivity contribution in [3.05, 3.63) is 6.07 Å². The molecule has 0 amide bonds. The molecule has 0 fully saturated rings. The Balaban J connectivity index is 2.44. The van der Waals surface area contributed by atoms with Gasteiger partial charge in [-0.05, 0) is 14.1 Å². The predicted octanol–water partition coefficient (Wildman–Crippen LogP) is 1.23. The van der Waals surface area contributed by atoms with Crippen LogP contribution in [0.5, 0.6) is 11.5 Å². The highest BCUT2D eigenvalue weighted by Gasteiger charge is 2.27. The molecular formula is C11H17N3O2S. The number of nitrogen functional groups attached to an aromatic ring is 2. The fraction of sp³-hybridized carbons (Fsp3) is 0.455. The second-order valence-electron chi connectivity index (χ2n) is 4.09. The molecule has 0 radical (unpaired) electrons. The predicted molar refractivity (Wildman–Crippen MR) is 70.6 cm³/mol. The molecule has 17 heavy (non-hydrogen) atoms. The number of nitrogens with zero attached hydrogens (tertiary/aromatic N) is 1. The van der Waals surface area contributed by atoms with Gasteiger partial charge in [0, 0.05) is 11.8 Å². The first-order valence-corrected chi connectivity index (χ1v) is 6.25. The van der Waals surface area contributed by atoms with Gasteiger partial charge in [0.05, 0.1) is 17.7 Å². The number of hydrogen-bond donors (Lipinski definition) is 2. The molecule has 1 aliphatic heterocycles. The molecule has 4 N–H and O–H groups in total. The molecule has 1 aromatic rings. The van der Waals surface area contributed by atoms with Gasteiger partial charge in [0.1, 0.15) is 11.4 Å². The van der Waals surface area contributed by atoms with E-state index in [-0.39, 0.29) is 6.23 Å². The van der Waals surface area contributed by atoms with E-state index in [0.29, 0.717) is 22.9 Å². The fourth-order valence-electron chi connectivity index (χ4n) is 1.66. The van der Waals surface area contributed by atoms with Gasteiger partial charge in [0.25, 0.3) is 0 Å². The molecule has 1 atom stereocenters. The molecule has 2 rings (SSSR count). The molecule has 0 bridgehead atoms. The Morgan fingerprint density at radius 3 is 2.76 bits per heavy atom. The fourth-order valence-corrected chi connectivity index (χ4v) is 2.85. The maximum atomic E-state index is 6.01. The largest absolute Gasteiger partial charge is 0.494 e. The van der Waals surface area contributed by atoms with Gasteiger partial charge >= 0.3 is 0 Å². The van der Waals surface area contributed by atoms with Gasteiger partial charge in [0.2, 0.25) is 0 Å². The first-order valence-electron chi connectivity index (χ1n) is 5.26. The lowest BCUT2D eigenvalue weighted by Gasteiger charge is -2.31. The summed E-state index contributed by atoms with van der Waals surface area (Å²) in [6.07, 6.45) is 0.00121. The van der Waals surface area contributed by atoms with Crippen LogP contribution in [0.3, 0.4) is 0 Å². The van der Waals surface area contributed by atoms with E-state index in [9.17, 15) is 0 Å². The van der Waals surface area contributed by atoms with Crippen LogP contribution in [-0.4, -0.2) is 38.1 Å². The topological polar surface area (TPSA) is 73.7 Å². The lowest BCUT2D eigenvalue weighted by atomic mass is 10.2. The summed E-state index contributed by atoms with van der Waals surface area (Å²) in [6.45, 7) is 0. The van der Waals surface area contributed by atoms with Crippen molar-refractivity contribution in [3.63, 3.8) is 0 Å². The highest BCUT2D eigenvalue weighted by atomic mass is 32.2. The number of ether oxygens (including phenoxy) is 2. The summed E-state index contributed by atoms with van der Waals surface area (Å²) < 4.78 is 11.0. The standard InChI is InChI=1S/C11H17N3O2S/c1-14(2)8-5-17-11-6(12)4-7(15-3)9(13)10(11)16-8/h4,8H,5,12-13H2,1-3H3. The first-order chi connectivity index (χ1) is 8.04. The van der Waals surface area contributed by atoms with E-state index in [0.717, 1.165) is 10.6 Å². The van der Waals surface area contributed by atoms with Crippen LogP contribution in [0, 0.1) is 0 Å². The minimum atomic E-state index is 0.00121. The Morgan fingerprint density at radius 2 is 2.18 bits per heavy atom. The monoisotopic (exact) mass is 255 g/mol. The number of fused-ring (bicyclic) bond motifs is 1. The van der Waals surface area contributed by atoms with Crippen molar-refractivity contribution < 1.29 is 9.47 Å². The van der Waals surface area contributed by atoms with Crippen molar-refractivity contribution in [2.75, 3.05) is 38.4 Å². The number of thioether (sulfide) groups is 1. The molecule has 6 heteroatoms. The minimum Gasteiger partial charge on any atom is -0.494 e. The van der Waals surface area contributed by atoms with Crippen LogP contribution in [0.25, 0.3) is 0 Å². The summed E-state index contributed by atoms with van der Waals surface area (Å²) in [6, 6.07) is 1.74. The molecule has 1 heterocycles. The molecule has 0 saturated carbocycles. The van der Waals surface area contributed by atoms with E-state index in [1.165, 1.54) is 0 Å². The molecule has 0 saturated heterocycles. The van der Waals surface area contributed by atoms with Crippen LogP contribution in [0.2, 0.25) is 0 Å². The Morgan fingerprint density at radius 1 is 1.47 bits per heavy atom. The van der Waals surface area contributed by atoms with Crippen molar-refractivity contribution >= 4 is 23.1 Å². The highest BCUT2D eigenvalue weighted by molar-refractivity contribution is 7.99. The molecule has 0 aromatic heterocycles. The van der Waals surface area contributed by atoms with E-state index in [1.807, 2.05) is 19.0 Å². The van der Waals surface area contributed by atoms with Gasteiger partial charge in [-0.2, -0.15) is 0 Å². The van der Waals surface area contributed by atoms with Gasteiger partial charge in [-0.25, -0.2) is 0 Å². The van der Waals surface area contributed by atoms with Crippen LogP contribution < -0.4 is 20.9 Å². The van der Waals surface area contributed by atoms with E-state index >= 15 is 0 Å². The van der Waals surface area contributed by atoms with Crippen LogP contribution in [-0.2, 0) is 0 Å². The van der Waals surface area contributed by atoms with Gasteiger partial charge in [-0.15, -0.1) is 11.8 Å². The van der Waals surface area contributed by atoms with E-state index in [2.05, 4.69) is 0 Å². The third-order valence-corrected chi connectivity index (χ3v) is 3.85. The minimum absolute atomic E-state index is 0.00121. The average Bonchev–Trinajstić information content (AvgIpc) is 2.33. The molecular weight excluding hydrogens is 238 g/mol. The summed E-state index contributed by atoms with van der Waals surface area (Å²) in [5.74, 6) is 2.02. The zero-order valence-corrected chi connectivity index (χ0v) is 11.0. The number of nitrogens with two attached hydrogens (primary N) is 2. The van der Waals surface area contributed by atoms with Crippen molar-refractivity contribution in [2.24, 2.45) is 0 Å².